The van der Waals surface area contributed by atoms with Crippen LogP contribution < -0.4 is 10.6 Å². The fourth-order valence-electron chi connectivity index (χ4n) is 2.80. The molecule has 0 saturated heterocycles. The number of rotatable bonds is 5. The van der Waals surface area contributed by atoms with Gasteiger partial charge in [0, 0.05) is 24.5 Å². The zero-order valence-corrected chi connectivity index (χ0v) is 12.9. The Labute approximate surface area is 135 Å². The molecule has 1 aliphatic carbocycles. The SMILES string of the molecule is O=C(NC1CCCC1)c1cc(NCc2ccc(F)cc2)ccn1. The van der Waals surface area contributed by atoms with Crippen molar-refractivity contribution in [3.05, 3.63) is 59.7 Å². The van der Waals surface area contributed by atoms with Gasteiger partial charge in [-0.15, -0.1) is 0 Å². The number of halogens is 1. The van der Waals surface area contributed by atoms with E-state index in [4.69, 9.17) is 0 Å². The number of benzene rings is 1. The molecule has 5 heteroatoms. The summed E-state index contributed by atoms with van der Waals surface area (Å²) in [6.45, 7) is 0.563. The van der Waals surface area contributed by atoms with Crippen molar-refractivity contribution in [3.63, 3.8) is 0 Å². The summed E-state index contributed by atoms with van der Waals surface area (Å²) in [6.07, 6.45) is 6.08. The second-order valence-corrected chi connectivity index (χ2v) is 5.86. The van der Waals surface area contributed by atoms with Gasteiger partial charge in [-0.2, -0.15) is 0 Å². The van der Waals surface area contributed by atoms with E-state index in [0.29, 0.717) is 12.2 Å². The smallest absolute Gasteiger partial charge is 0.270 e. The average molecular weight is 313 g/mol. The Hall–Kier alpha value is -2.43. The molecule has 1 heterocycles. The van der Waals surface area contributed by atoms with E-state index in [-0.39, 0.29) is 17.8 Å². The van der Waals surface area contributed by atoms with Crippen LogP contribution in [0.4, 0.5) is 10.1 Å². The van der Waals surface area contributed by atoms with E-state index in [1.54, 1.807) is 24.4 Å². The van der Waals surface area contributed by atoms with E-state index in [1.165, 1.54) is 25.0 Å². The minimum absolute atomic E-state index is 0.123. The Morgan fingerprint density at radius 1 is 1.17 bits per heavy atom. The quantitative estimate of drug-likeness (QED) is 0.888. The molecule has 0 bridgehead atoms. The van der Waals surface area contributed by atoms with Crippen LogP contribution in [0.5, 0.6) is 0 Å². The van der Waals surface area contributed by atoms with E-state index in [0.717, 1.165) is 24.1 Å². The maximum Gasteiger partial charge on any atom is 0.270 e. The van der Waals surface area contributed by atoms with E-state index in [1.807, 2.05) is 6.07 Å². The molecule has 3 rings (SSSR count). The van der Waals surface area contributed by atoms with E-state index >= 15 is 0 Å². The third-order valence-corrected chi connectivity index (χ3v) is 4.09. The maximum atomic E-state index is 12.9. The molecule has 2 N–H and O–H groups in total. The largest absolute Gasteiger partial charge is 0.381 e. The normalized spacial score (nSPS) is 14.7. The van der Waals surface area contributed by atoms with Crippen molar-refractivity contribution < 1.29 is 9.18 Å². The molecule has 0 spiro atoms. The van der Waals surface area contributed by atoms with Crippen LogP contribution in [0.2, 0.25) is 0 Å². The molecule has 2 aromatic rings. The van der Waals surface area contributed by atoms with Crippen LogP contribution >= 0.6 is 0 Å². The lowest BCUT2D eigenvalue weighted by molar-refractivity contribution is 0.0933. The minimum Gasteiger partial charge on any atom is -0.381 e. The minimum atomic E-state index is -0.247. The maximum absolute atomic E-state index is 12.9. The Kier molecular flexibility index (Phi) is 4.86. The number of anilines is 1. The summed E-state index contributed by atoms with van der Waals surface area (Å²) >= 11 is 0. The molecule has 0 unspecified atom stereocenters. The number of hydrogen-bond acceptors (Lipinski definition) is 3. The number of nitrogens with one attached hydrogen (secondary N) is 2. The first-order valence-electron chi connectivity index (χ1n) is 7.96. The van der Waals surface area contributed by atoms with Crippen molar-refractivity contribution in [1.82, 2.24) is 10.3 Å². The van der Waals surface area contributed by atoms with Gasteiger partial charge in [0.25, 0.3) is 5.91 Å². The van der Waals surface area contributed by atoms with Crippen molar-refractivity contribution in [1.29, 1.82) is 0 Å². The summed E-state index contributed by atoms with van der Waals surface area (Å²) in [7, 11) is 0. The highest BCUT2D eigenvalue weighted by molar-refractivity contribution is 5.93. The highest BCUT2D eigenvalue weighted by Crippen LogP contribution is 2.18. The van der Waals surface area contributed by atoms with Crippen LogP contribution in [0.1, 0.15) is 41.7 Å². The summed E-state index contributed by atoms with van der Waals surface area (Å²) in [5.74, 6) is -0.370. The number of carbonyl (C=O) groups excluding carboxylic acids is 1. The zero-order valence-electron chi connectivity index (χ0n) is 12.9. The molecule has 1 saturated carbocycles. The molecule has 1 aliphatic rings. The first kappa shape index (κ1) is 15.5. The van der Waals surface area contributed by atoms with Gasteiger partial charge >= 0.3 is 0 Å². The van der Waals surface area contributed by atoms with Crippen molar-refractivity contribution in [2.75, 3.05) is 5.32 Å². The molecular weight excluding hydrogens is 293 g/mol. The second kappa shape index (κ2) is 7.22. The molecule has 1 amide bonds. The fraction of sp³-hybridized carbons (Fsp3) is 0.333. The number of hydrogen-bond donors (Lipinski definition) is 2. The predicted octanol–water partition coefficient (Wildman–Crippen LogP) is 3.51. The van der Waals surface area contributed by atoms with Gasteiger partial charge in [-0.25, -0.2) is 4.39 Å². The fourth-order valence-corrected chi connectivity index (χ4v) is 2.80. The van der Waals surface area contributed by atoms with Crippen LogP contribution in [0.15, 0.2) is 42.6 Å². The summed E-state index contributed by atoms with van der Waals surface area (Å²) in [4.78, 5) is 16.4. The lowest BCUT2D eigenvalue weighted by Gasteiger charge is -2.12. The number of nitrogens with zero attached hydrogens (tertiary/aromatic N) is 1. The van der Waals surface area contributed by atoms with Crippen LogP contribution in [-0.4, -0.2) is 16.9 Å². The Balaban J connectivity index is 1.60. The molecule has 1 aromatic heterocycles. The molecule has 120 valence electrons. The van der Waals surface area contributed by atoms with Gasteiger partial charge < -0.3 is 10.6 Å². The summed E-state index contributed by atoms with van der Waals surface area (Å²) in [5.41, 5.74) is 2.21. The number of amides is 1. The lowest BCUT2D eigenvalue weighted by atomic mass is 10.2. The Morgan fingerprint density at radius 3 is 2.65 bits per heavy atom. The molecule has 1 aromatic carbocycles. The van der Waals surface area contributed by atoms with Crippen molar-refractivity contribution in [2.45, 2.75) is 38.3 Å². The molecule has 4 nitrogen and oxygen atoms in total. The van der Waals surface area contributed by atoms with Crippen molar-refractivity contribution in [3.8, 4) is 0 Å². The number of aromatic nitrogens is 1. The van der Waals surface area contributed by atoms with Gasteiger partial charge in [-0.3, -0.25) is 9.78 Å². The summed E-state index contributed by atoms with van der Waals surface area (Å²) in [5, 5.41) is 6.26. The molecular formula is C18H20FN3O. The monoisotopic (exact) mass is 313 g/mol. The third-order valence-electron chi connectivity index (χ3n) is 4.09. The van der Waals surface area contributed by atoms with Crippen LogP contribution in [0, 0.1) is 5.82 Å². The molecule has 1 fully saturated rings. The van der Waals surface area contributed by atoms with E-state index in [2.05, 4.69) is 15.6 Å². The molecule has 0 radical (unpaired) electrons. The first-order chi connectivity index (χ1) is 11.2. The van der Waals surface area contributed by atoms with Gasteiger partial charge in [0.1, 0.15) is 11.5 Å². The zero-order chi connectivity index (χ0) is 16.1. The third kappa shape index (κ3) is 4.28. The molecule has 23 heavy (non-hydrogen) atoms. The van der Waals surface area contributed by atoms with Gasteiger partial charge in [-0.05, 0) is 42.7 Å². The Morgan fingerprint density at radius 2 is 1.91 bits per heavy atom. The highest BCUT2D eigenvalue weighted by Gasteiger charge is 2.18. The summed E-state index contributed by atoms with van der Waals surface area (Å²) < 4.78 is 12.9. The van der Waals surface area contributed by atoms with Gasteiger partial charge in [0.15, 0.2) is 0 Å². The Bertz CT molecular complexity index is 666. The molecule has 0 atom stereocenters. The second-order valence-electron chi connectivity index (χ2n) is 5.86. The standard InChI is InChI=1S/C18H20FN3O/c19-14-7-5-13(6-8-14)12-21-16-9-10-20-17(11-16)18(23)22-15-3-1-2-4-15/h5-11,15H,1-4,12H2,(H,20,21)(H,22,23). The lowest BCUT2D eigenvalue weighted by Crippen LogP contribution is -2.33. The van der Waals surface area contributed by atoms with Crippen molar-refractivity contribution >= 4 is 11.6 Å². The van der Waals surface area contributed by atoms with Crippen molar-refractivity contribution in [2.24, 2.45) is 0 Å². The van der Waals surface area contributed by atoms with Gasteiger partial charge in [-0.1, -0.05) is 25.0 Å². The summed E-state index contributed by atoms with van der Waals surface area (Å²) in [6, 6.07) is 10.2. The van der Waals surface area contributed by atoms with Gasteiger partial charge in [0.05, 0.1) is 0 Å². The predicted molar refractivity (Wildman–Crippen MR) is 87.7 cm³/mol. The average Bonchev–Trinajstić information content (AvgIpc) is 3.07. The van der Waals surface area contributed by atoms with Gasteiger partial charge in [0.2, 0.25) is 0 Å². The highest BCUT2D eigenvalue weighted by atomic mass is 19.1. The van der Waals surface area contributed by atoms with E-state index in [9.17, 15) is 9.18 Å². The number of pyridine rings is 1. The topological polar surface area (TPSA) is 54.0 Å². The van der Waals surface area contributed by atoms with Crippen LogP contribution in [0.3, 0.4) is 0 Å². The molecule has 0 aliphatic heterocycles. The number of carbonyl (C=O) groups is 1. The van der Waals surface area contributed by atoms with Crippen LogP contribution in [0.25, 0.3) is 0 Å². The van der Waals surface area contributed by atoms with E-state index < -0.39 is 0 Å². The van der Waals surface area contributed by atoms with Crippen LogP contribution in [-0.2, 0) is 6.54 Å². The first-order valence-corrected chi connectivity index (χ1v) is 7.96.